The van der Waals surface area contributed by atoms with Crippen LogP contribution in [0.5, 0.6) is 0 Å². The highest BCUT2D eigenvalue weighted by Gasteiger charge is 2.35. The Morgan fingerprint density at radius 1 is 1.42 bits per heavy atom. The van der Waals surface area contributed by atoms with Crippen LogP contribution in [0.2, 0.25) is 0 Å². The quantitative estimate of drug-likeness (QED) is 0.529. The number of allylic oxidation sites excluding steroid dienone is 1. The molecule has 134 valence electrons. The molecule has 1 aromatic heterocycles. The molecular formula is C17H16N4O2S3. The van der Waals surface area contributed by atoms with Crippen molar-refractivity contribution >= 4 is 62.0 Å². The average molecular weight is 405 g/mol. The Morgan fingerprint density at radius 3 is 2.65 bits per heavy atom. The summed E-state index contributed by atoms with van der Waals surface area (Å²) in [4.78, 5) is 14.9. The number of hydrogen-bond donors (Lipinski definition) is 3. The van der Waals surface area contributed by atoms with Crippen LogP contribution in [0.25, 0.3) is 10.8 Å². The van der Waals surface area contributed by atoms with Crippen LogP contribution in [-0.4, -0.2) is 19.9 Å². The first-order chi connectivity index (χ1) is 12.3. The largest absolute Gasteiger partial charge is 0.494 e. The second kappa shape index (κ2) is 7.10. The minimum absolute atomic E-state index is 0.0329. The summed E-state index contributed by atoms with van der Waals surface area (Å²) in [5, 5.41) is 17.8. The van der Waals surface area contributed by atoms with Crippen molar-refractivity contribution in [2.75, 3.05) is 4.90 Å². The first kappa shape index (κ1) is 18.4. The van der Waals surface area contributed by atoms with Gasteiger partial charge in [-0.3, -0.25) is 15.1 Å². The molecule has 2 aromatic rings. The molecule has 1 aliphatic heterocycles. The van der Waals surface area contributed by atoms with E-state index in [0.717, 1.165) is 16.9 Å². The Labute approximate surface area is 163 Å². The van der Waals surface area contributed by atoms with Crippen LogP contribution in [0, 0.1) is 12.3 Å². The van der Waals surface area contributed by atoms with Gasteiger partial charge in [0.1, 0.15) is 19.6 Å². The Balaban J connectivity index is 2.23. The minimum Gasteiger partial charge on any atom is -0.494 e. The summed E-state index contributed by atoms with van der Waals surface area (Å²) >= 11 is 7.66. The first-order valence-corrected chi connectivity index (χ1v) is 9.60. The van der Waals surface area contributed by atoms with Gasteiger partial charge in [-0.05, 0) is 19.1 Å². The number of thiocarbonyl (C=S) groups is 1. The number of aromatic nitrogens is 1. The Hall–Kier alpha value is -2.36. The van der Waals surface area contributed by atoms with Gasteiger partial charge in [-0.25, -0.2) is 0 Å². The number of aliphatic hydroxyl groups excluding tert-OH is 1. The smallest absolute Gasteiger partial charge is 0.273 e. The fourth-order valence-electron chi connectivity index (χ4n) is 2.48. The van der Waals surface area contributed by atoms with Crippen LogP contribution in [0.1, 0.15) is 5.56 Å². The van der Waals surface area contributed by atoms with Crippen LogP contribution in [0.4, 0.5) is 5.69 Å². The molecule has 26 heavy (non-hydrogen) atoms. The van der Waals surface area contributed by atoms with E-state index in [4.69, 9.17) is 23.4 Å². The summed E-state index contributed by atoms with van der Waals surface area (Å²) in [6, 6.07) is 7.52. The summed E-state index contributed by atoms with van der Waals surface area (Å²) in [6.07, 6.45) is 1.62. The van der Waals surface area contributed by atoms with E-state index in [9.17, 15) is 9.90 Å². The van der Waals surface area contributed by atoms with E-state index in [1.807, 2.05) is 31.2 Å². The summed E-state index contributed by atoms with van der Waals surface area (Å²) in [7, 11) is 0. The maximum absolute atomic E-state index is 13.0. The van der Waals surface area contributed by atoms with Gasteiger partial charge in [-0.1, -0.05) is 47.8 Å². The molecule has 3 rings (SSSR count). The van der Waals surface area contributed by atoms with Crippen LogP contribution < -0.4 is 25.3 Å². The Bertz CT molecular complexity index is 1090. The fraction of sp³-hybridized carbons (Fsp3) is 0.118. The molecule has 1 fully saturated rings. The Kier molecular flexibility index (Phi) is 5.03. The van der Waals surface area contributed by atoms with Crippen molar-refractivity contribution < 1.29 is 9.90 Å². The second-order valence-corrected chi connectivity index (χ2v) is 8.19. The number of rotatable bonds is 3. The van der Waals surface area contributed by atoms with Crippen LogP contribution in [-0.2, 0) is 11.3 Å². The highest BCUT2D eigenvalue weighted by Crippen LogP contribution is 2.35. The SMILES string of the molecule is C=CCn1c(=C2SC(=S)N(c3ccc(C)cc3)C2=O)s/c(=C(\N)O)c1=N. The second-order valence-electron chi connectivity index (χ2n) is 5.54. The van der Waals surface area contributed by atoms with E-state index in [-0.39, 0.29) is 15.9 Å². The predicted octanol–water partition coefficient (Wildman–Crippen LogP) is 1.28. The zero-order chi connectivity index (χ0) is 19.0. The van der Waals surface area contributed by atoms with Crippen molar-refractivity contribution in [1.82, 2.24) is 4.57 Å². The highest BCUT2D eigenvalue weighted by atomic mass is 32.2. The maximum atomic E-state index is 13.0. The molecule has 0 spiro atoms. The molecule has 1 aromatic carbocycles. The van der Waals surface area contributed by atoms with Crippen molar-refractivity contribution in [3.8, 4) is 0 Å². The normalized spacial score (nSPS) is 17.7. The molecule has 4 N–H and O–H groups in total. The van der Waals surface area contributed by atoms with Crippen molar-refractivity contribution in [1.29, 1.82) is 5.41 Å². The zero-order valence-corrected chi connectivity index (χ0v) is 16.3. The number of anilines is 1. The summed E-state index contributed by atoms with van der Waals surface area (Å²) in [5.41, 5.74) is 7.29. The zero-order valence-electron chi connectivity index (χ0n) is 13.9. The molecule has 1 amide bonds. The van der Waals surface area contributed by atoms with Crippen LogP contribution >= 0.6 is 35.3 Å². The molecular weight excluding hydrogens is 388 g/mol. The van der Waals surface area contributed by atoms with E-state index >= 15 is 0 Å². The number of thiazole rings is 1. The van der Waals surface area contributed by atoms with Gasteiger partial charge in [0.2, 0.25) is 5.88 Å². The lowest BCUT2D eigenvalue weighted by Crippen LogP contribution is -2.34. The van der Waals surface area contributed by atoms with Crippen LogP contribution in [0.3, 0.4) is 0 Å². The number of thioether (sulfide) groups is 1. The lowest BCUT2D eigenvalue weighted by molar-refractivity contribution is -0.112. The number of benzene rings is 1. The van der Waals surface area contributed by atoms with E-state index in [1.165, 1.54) is 16.7 Å². The van der Waals surface area contributed by atoms with Gasteiger partial charge in [-0.2, -0.15) is 0 Å². The third kappa shape index (κ3) is 3.09. The van der Waals surface area contributed by atoms with E-state index in [2.05, 4.69) is 6.58 Å². The third-order valence-corrected chi connectivity index (χ3v) is 6.44. The van der Waals surface area contributed by atoms with Gasteiger partial charge < -0.3 is 15.4 Å². The van der Waals surface area contributed by atoms with Gasteiger partial charge in [0, 0.05) is 6.54 Å². The molecule has 9 heteroatoms. The third-order valence-electron chi connectivity index (χ3n) is 3.73. The first-order valence-electron chi connectivity index (χ1n) is 7.56. The topological polar surface area (TPSA) is 95.3 Å². The number of aryl methyl sites for hydroxylation is 1. The molecule has 0 bridgehead atoms. The van der Waals surface area contributed by atoms with Crippen molar-refractivity contribution in [2.45, 2.75) is 13.5 Å². The van der Waals surface area contributed by atoms with Gasteiger partial charge in [0.25, 0.3) is 5.91 Å². The Morgan fingerprint density at radius 2 is 2.08 bits per heavy atom. The summed E-state index contributed by atoms with van der Waals surface area (Å²) in [6.45, 7) is 5.97. The van der Waals surface area contributed by atoms with Crippen molar-refractivity contribution in [2.24, 2.45) is 5.73 Å². The standard InChI is InChI=1S/C17H16N4O2S3/c1-3-8-20-13(18)11(14(19)22)25-16(20)12-15(23)21(17(24)26-12)10-6-4-9(2)5-7-10/h3-7,18,22H,1,8,19H2,2H3/b14-11+,16-12?,18-13?. The van der Waals surface area contributed by atoms with Gasteiger partial charge in [0.05, 0.1) is 5.69 Å². The predicted molar refractivity (Wildman–Crippen MR) is 110 cm³/mol. The molecule has 0 radical (unpaired) electrons. The van der Waals surface area contributed by atoms with E-state index < -0.39 is 5.88 Å². The molecule has 0 unspecified atom stereocenters. The molecule has 6 nitrogen and oxygen atoms in total. The molecule has 2 heterocycles. The number of hydrogen-bond acceptors (Lipinski definition) is 7. The number of carbonyl (C=O) groups is 1. The molecule has 0 atom stereocenters. The van der Waals surface area contributed by atoms with Crippen molar-refractivity contribution in [3.05, 3.63) is 57.2 Å². The monoisotopic (exact) mass is 404 g/mol. The summed E-state index contributed by atoms with van der Waals surface area (Å²) in [5.74, 6) is -0.705. The number of aliphatic hydroxyl groups is 1. The maximum Gasteiger partial charge on any atom is 0.273 e. The molecule has 0 saturated carbocycles. The number of carbonyl (C=O) groups excluding carboxylic acids is 1. The number of nitrogens with one attached hydrogen (secondary N) is 1. The average Bonchev–Trinajstić information content (AvgIpc) is 3.06. The molecule has 1 aliphatic rings. The number of nitrogens with zero attached hydrogens (tertiary/aromatic N) is 2. The lowest BCUT2D eigenvalue weighted by Gasteiger charge is -2.14. The minimum atomic E-state index is -0.446. The molecule has 0 aliphatic carbocycles. The fourth-order valence-corrected chi connectivity index (χ4v) is 4.96. The van der Waals surface area contributed by atoms with Crippen LogP contribution in [0.15, 0.2) is 36.9 Å². The van der Waals surface area contributed by atoms with Gasteiger partial charge in [-0.15, -0.1) is 17.9 Å². The van der Waals surface area contributed by atoms with E-state index in [1.54, 1.807) is 10.6 Å². The van der Waals surface area contributed by atoms with Crippen molar-refractivity contribution in [3.63, 3.8) is 0 Å². The lowest BCUT2D eigenvalue weighted by atomic mass is 10.2. The number of amides is 1. The van der Waals surface area contributed by atoms with E-state index in [0.29, 0.717) is 26.1 Å². The molecule has 1 saturated heterocycles. The summed E-state index contributed by atoms with van der Waals surface area (Å²) < 4.78 is 2.73. The number of nitrogens with two attached hydrogens (primary N) is 1. The highest BCUT2D eigenvalue weighted by molar-refractivity contribution is 8.31. The van der Waals surface area contributed by atoms with Gasteiger partial charge in [0.15, 0.2) is 4.32 Å². The van der Waals surface area contributed by atoms with Gasteiger partial charge >= 0.3 is 0 Å².